The van der Waals surface area contributed by atoms with Crippen LogP contribution in [0, 0.1) is 0 Å². The Hall–Kier alpha value is -0.650. The molecule has 5 nitrogen and oxygen atoms in total. The molecule has 1 amide bonds. The summed E-state index contributed by atoms with van der Waals surface area (Å²) >= 11 is 0. The van der Waals surface area contributed by atoms with Gasteiger partial charge in [0.15, 0.2) is 0 Å². The van der Waals surface area contributed by atoms with Crippen LogP contribution in [-0.4, -0.2) is 44.4 Å². The summed E-state index contributed by atoms with van der Waals surface area (Å²) in [4.78, 5) is 11.6. The Labute approximate surface area is 104 Å². The molecule has 5 heteroatoms. The van der Waals surface area contributed by atoms with Crippen LogP contribution in [0.25, 0.3) is 0 Å². The van der Waals surface area contributed by atoms with Crippen LogP contribution < -0.4 is 11.1 Å². The standard InChI is InChI=1S/C12H26N2O3/c1-5-12(13,6-2)9-17-10(3)11(15)14-7-8-16-4/h10H,5-9,13H2,1-4H3,(H,14,15). The van der Waals surface area contributed by atoms with Crippen molar-refractivity contribution in [1.82, 2.24) is 5.32 Å². The fourth-order valence-corrected chi connectivity index (χ4v) is 1.24. The average molecular weight is 246 g/mol. The highest BCUT2D eigenvalue weighted by molar-refractivity contribution is 5.80. The smallest absolute Gasteiger partial charge is 0.248 e. The molecule has 0 aromatic rings. The van der Waals surface area contributed by atoms with Gasteiger partial charge in [0.25, 0.3) is 0 Å². The normalized spacial score (nSPS) is 13.5. The van der Waals surface area contributed by atoms with Gasteiger partial charge in [0.05, 0.1) is 13.2 Å². The maximum Gasteiger partial charge on any atom is 0.248 e. The number of nitrogens with two attached hydrogens (primary N) is 1. The summed E-state index contributed by atoms with van der Waals surface area (Å²) in [6, 6.07) is 0. The minimum Gasteiger partial charge on any atom is -0.383 e. The fourth-order valence-electron chi connectivity index (χ4n) is 1.24. The van der Waals surface area contributed by atoms with Crippen molar-refractivity contribution >= 4 is 5.91 Å². The first-order valence-corrected chi connectivity index (χ1v) is 6.16. The molecule has 3 N–H and O–H groups in total. The van der Waals surface area contributed by atoms with E-state index in [1.807, 2.05) is 13.8 Å². The zero-order chi connectivity index (χ0) is 13.3. The monoisotopic (exact) mass is 246 g/mol. The van der Waals surface area contributed by atoms with Gasteiger partial charge in [-0.3, -0.25) is 4.79 Å². The molecule has 17 heavy (non-hydrogen) atoms. The van der Waals surface area contributed by atoms with Gasteiger partial charge in [-0.05, 0) is 19.8 Å². The molecule has 0 aliphatic carbocycles. The lowest BCUT2D eigenvalue weighted by molar-refractivity contribution is -0.133. The van der Waals surface area contributed by atoms with Gasteiger partial charge in [0.2, 0.25) is 5.91 Å². The molecule has 1 unspecified atom stereocenters. The highest BCUT2D eigenvalue weighted by Gasteiger charge is 2.23. The van der Waals surface area contributed by atoms with E-state index in [1.165, 1.54) is 0 Å². The van der Waals surface area contributed by atoms with E-state index < -0.39 is 6.10 Å². The first-order chi connectivity index (χ1) is 7.99. The van der Waals surface area contributed by atoms with Gasteiger partial charge in [0.1, 0.15) is 6.10 Å². The molecule has 0 saturated heterocycles. The van der Waals surface area contributed by atoms with Gasteiger partial charge in [-0.25, -0.2) is 0 Å². The molecule has 0 bridgehead atoms. The van der Waals surface area contributed by atoms with E-state index >= 15 is 0 Å². The summed E-state index contributed by atoms with van der Waals surface area (Å²) in [7, 11) is 1.59. The fraction of sp³-hybridized carbons (Fsp3) is 0.917. The van der Waals surface area contributed by atoms with Crippen LogP contribution in [-0.2, 0) is 14.3 Å². The lowest BCUT2D eigenvalue weighted by atomic mass is 9.95. The second kappa shape index (κ2) is 8.44. The second-order valence-electron chi connectivity index (χ2n) is 4.31. The van der Waals surface area contributed by atoms with Crippen LogP contribution in [0.2, 0.25) is 0 Å². The largest absolute Gasteiger partial charge is 0.383 e. The number of methoxy groups -OCH3 is 1. The molecule has 0 radical (unpaired) electrons. The molecule has 0 spiro atoms. The maximum absolute atomic E-state index is 11.6. The first-order valence-electron chi connectivity index (χ1n) is 6.16. The minimum absolute atomic E-state index is 0.128. The van der Waals surface area contributed by atoms with Gasteiger partial charge in [0, 0.05) is 19.2 Å². The minimum atomic E-state index is -0.479. The van der Waals surface area contributed by atoms with E-state index in [-0.39, 0.29) is 11.4 Å². The van der Waals surface area contributed by atoms with E-state index in [0.717, 1.165) is 12.8 Å². The van der Waals surface area contributed by atoms with Crippen LogP contribution in [0.15, 0.2) is 0 Å². The van der Waals surface area contributed by atoms with Gasteiger partial charge in [-0.1, -0.05) is 13.8 Å². The van der Waals surface area contributed by atoms with Crippen LogP contribution in [0.5, 0.6) is 0 Å². The van der Waals surface area contributed by atoms with Crippen molar-refractivity contribution in [3.63, 3.8) is 0 Å². The average Bonchev–Trinajstić information content (AvgIpc) is 2.35. The number of carbonyl (C=O) groups excluding carboxylic acids is 1. The Morgan fingerprint density at radius 3 is 2.47 bits per heavy atom. The van der Waals surface area contributed by atoms with Crippen molar-refractivity contribution in [2.24, 2.45) is 5.73 Å². The third-order valence-corrected chi connectivity index (χ3v) is 3.00. The zero-order valence-electron chi connectivity index (χ0n) is 11.4. The van der Waals surface area contributed by atoms with Crippen LogP contribution in [0.3, 0.4) is 0 Å². The molecule has 0 fully saturated rings. The molecule has 0 heterocycles. The van der Waals surface area contributed by atoms with Crippen molar-refractivity contribution in [1.29, 1.82) is 0 Å². The van der Waals surface area contributed by atoms with Gasteiger partial charge < -0.3 is 20.5 Å². The molecule has 1 atom stereocenters. The molecule has 0 aliphatic rings. The summed E-state index contributed by atoms with van der Waals surface area (Å²) in [5.41, 5.74) is 5.76. The number of carbonyl (C=O) groups is 1. The van der Waals surface area contributed by atoms with Crippen molar-refractivity contribution in [2.75, 3.05) is 26.9 Å². The lowest BCUT2D eigenvalue weighted by Crippen LogP contribution is -2.46. The van der Waals surface area contributed by atoms with E-state index in [0.29, 0.717) is 19.8 Å². The molecule has 0 aromatic carbocycles. The summed E-state index contributed by atoms with van der Waals surface area (Å²) in [6.07, 6.45) is 1.19. The number of rotatable bonds is 9. The van der Waals surface area contributed by atoms with Crippen LogP contribution >= 0.6 is 0 Å². The summed E-state index contributed by atoms with van der Waals surface area (Å²) in [6.45, 7) is 7.18. The SMILES string of the molecule is CCC(N)(CC)COC(C)C(=O)NCCOC. The number of amides is 1. The number of hydrogen-bond donors (Lipinski definition) is 2. The topological polar surface area (TPSA) is 73.6 Å². The molecular formula is C12H26N2O3. The Morgan fingerprint density at radius 1 is 1.41 bits per heavy atom. The quantitative estimate of drug-likeness (QED) is 0.587. The predicted octanol–water partition coefficient (Wildman–Crippen LogP) is 0.672. The van der Waals surface area contributed by atoms with E-state index in [2.05, 4.69) is 5.32 Å². The number of nitrogens with one attached hydrogen (secondary N) is 1. The Kier molecular flexibility index (Phi) is 8.12. The van der Waals surface area contributed by atoms with Crippen molar-refractivity contribution < 1.29 is 14.3 Å². The molecule has 0 aromatic heterocycles. The Bertz CT molecular complexity index is 218. The van der Waals surface area contributed by atoms with E-state index in [1.54, 1.807) is 14.0 Å². The molecular weight excluding hydrogens is 220 g/mol. The van der Waals surface area contributed by atoms with Crippen molar-refractivity contribution in [3.05, 3.63) is 0 Å². The Morgan fingerprint density at radius 2 is 2.00 bits per heavy atom. The second-order valence-corrected chi connectivity index (χ2v) is 4.31. The van der Waals surface area contributed by atoms with Crippen LogP contribution in [0.4, 0.5) is 0 Å². The molecule has 0 saturated carbocycles. The maximum atomic E-state index is 11.6. The van der Waals surface area contributed by atoms with Gasteiger partial charge in [-0.2, -0.15) is 0 Å². The lowest BCUT2D eigenvalue weighted by Gasteiger charge is -2.27. The van der Waals surface area contributed by atoms with E-state index in [9.17, 15) is 4.79 Å². The third kappa shape index (κ3) is 6.61. The highest BCUT2D eigenvalue weighted by atomic mass is 16.5. The first kappa shape index (κ1) is 16.4. The van der Waals surface area contributed by atoms with Crippen molar-refractivity contribution in [2.45, 2.75) is 45.3 Å². The zero-order valence-corrected chi connectivity index (χ0v) is 11.4. The van der Waals surface area contributed by atoms with Gasteiger partial charge in [-0.15, -0.1) is 0 Å². The predicted molar refractivity (Wildman–Crippen MR) is 67.8 cm³/mol. The Balaban J connectivity index is 3.91. The van der Waals surface area contributed by atoms with Gasteiger partial charge >= 0.3 is 0 Å². The molecule has 102 valence electrons. The molecule has 0 rings (SSSR count). The third-order valence-electron chi connectivity index (χ3n) is 3.00. The highest BCUT2D eigenvalue weighted by Crippen LogP contribution is 2.12. The number of hydrogen-bond acceptors (Lipinski definition) is 4. The summed E-state index contributed by atoms with van der Waals surface area (Å²) in [5.74, 6) is -0.128. The summed E-state index contributed by atoms with van der Waals surface area (Å²) < 4.78 is 10.3. The van der Waals surface area contributed by atoms with Crippen LogP contribution in [0.1, 0.15) is 33.6 Å². The molecule has 0 aliphatic heterocycles. The van der Waals surface area contributed by atoms with Crippen molar-refractivity contribution in [3.8, 4) is 0 Å². The summed E-state index contributed by atoms with van der Waals surface area (Å²) in [5, 5.41) is 2.73. The number of ether oxygens (including phenoxy) is 2. The van der Waals surface area contributed by atoms with E-state index in [4.69, 9.17) is 15.2 Å².